The number of nitrogens with two attached hydrogens (primary N) is 1. The van der Waals surface area contributed by atoms with Gasteiger partial charge in [0.2, 0.25) is 15.9 Å². The molecule has 8 heteroatoms. The van der Waals surface area contributed by atoms with Crippen LogP contribution in [0.4, 0.5) is 11.4 Å². The molecule has 1 heterocycles. The summed E-state index contributed by atoms with van der Waals surface area (Å²) in [6.45, 7) is 2.25. The molecule has 0 radical (unpaired) electrons. The summed E-state index contributed by atoms with van der Waals surface area (Å²) in [5.74, 6) is -0.480. The highest BCUT2D eigenvalue weighted by atomic mass is 35.5. The van der Waals surface area contributed by atoms with E-state index >= 15 is 0 Å². The minimum absolute atomic E-state index is 0. The Balaban J connectivity index is 0.00000261. The van der Waals surface area contributed by atoms with Crippen molar-refractivity contribution in [2.75, 3.05) is 21.9 Å². The molecule has 0 saturated carbocycles. The maximum absolute atomic E-state index is 12.6. The molecule has 2 aromatic carbocycles. The van der Waals surface area contributed by atoms with Gasteiger partial charge in [-0.15, -0.1) is 12.4 Å². The van der Waals surface area contributed by atoms with Crippen molar-refractivity contribution in [2.24, 2.45) is 11.7 Å². The van der Waals surface area contributed by atoms with Crippen molar-refractivity contribution in [1.29, 1.82) is 0 Å². The molecule has 3 rings (SSSR count). The van der Waals surface area contributed by atoms with Crippen LogP contribution in [-0.4, -0.2) is 26.6 Å². The zero-order chi connectivity index (χ0) is 18.7. The van der Waals surface area contributed by atoms with Crippen LogP contribution in [0.25, 0.3) is 0 Å². The van der Waals surface area contributed by atoms with Crippen LogP contribution in [-0.2, 0) is 14.8 Å². The van der Waals surface area contributed by atoms with Crippen LogP contribution >= 0.6 is 12.4 Å². The van der Waals surface area contributed by atoms with Gasteiger partial charge in [-0.3, -0.25) is 9.10 Å². The van der Waals surface area contributed by atoms with Crippen LogP contribution in [0.1, 0.15) is 24.9 Å². The van der Waals surface area contributed by atoms with E-state index in [4.69, 9.17) is 5.73 Å². The number of nitrogens with one attached hydrogen (secondary N) is 1. The minimum Gasteiger partial charge on any atom is -0.326 e. The smallest absolute Gasteiger partial charge is 0.235 e. The summed E-state index contributed by atoms with van der Waals surface area (Å²) in [7, 11) is -3.25. The molecule has 146 valence electrons. The van der Waals surface area contributed by atoms with Gasteiger partial charge in [0.1, 0.15) is 0 Å². The van der Waals surface area contributed by atoms with E-state index in [-0.39, 0.29) is 24.1 Å². The van der Waals surface area contributed by atoms with Gasteiger partial charge in [0, 0.05) is 18.3 Å². The Hall–Kier alpha value is -2.09. The minimum atomic E-state index is -3.25. The van der Waals surface area contributed by atoms with Crippen LogP contribution in [0.5, 0.6) is 0 Å². The maximum Gasteiger partial charge on any atom is 0.235 e. The summed E-state index contributed by atoms with van der Waals surface area (Å²) in [5.41, 5.74) is 8.23. The van der Waals surface area contributed by atoms with Crippen molar-refractivity contribution >= 4 is 39.7 Å². The van der Waals surface area contributed by atoms with Crippen molar-refractivity contribution in [1.82, 2.24) is 0 Å². The molecule has 0 aromatic heterocycles. The number of nitrogens with zero attached hydrogens (tertiary/aromatic N) is 1. The predicted octanol–water partition coefficient (Wildman–Crippen LogP) is 2.92. The Morgan fingerprint density at radius 3 is 2.48 bits per heavy atom. The Bertz CT molecular complexity index is 890. The third-order valence-corrected chi connectivity index (χ3v) is 6.51. The number of anilines is 2. The molecule has 0 spiro atoms. The molecule has 1 aliphatic rings. The quantitative estimate of drug-likeness (QED) is 0.794. The van der Waals surface area contributed by atoms with Crippen molar-refractivity contribution < 1.29 is 13.2 Å². The van der Waals surface area contributed by atoms with Gasteiger partial charge in [-0.05, 0) is 30.2 Å². The fraction of sp³-hybridized carbons (Fsp3) is 0.316. The lowest BCUT2D eigenvalue weighted by atomic mass is 9.94. The van der Waals surface area contributed by atoms with Crippen LogP contribution in [0.3, 0.4) is 0 Å². The molecule has 0 aliphatic carbocycles. The first-order valence-electron chi connectivity index (χ1n) is 8.60. The fourth-order valence-electron chi connectivity index (χ4n) is 3.05. The molecule has 6 nitrogen and oxygen atoms in total. The summed E-state index contributed by atoms with van der Waals surface area (Å²) in [4.78, 5) is 12.6. The van der Waals surface area contributed by atoms with Gasteiger partial charge in [0.05, 0.1) is 17.4 Å². The molecular weight excluding hydrogens is 386 g/mol. The zero-order valence-electron chi connectivity index (χ0n) is 15.0. The first-order valence-corrected chi connectivity index (χ1v) is 10.2. The van der Waals surface area contributed by atoms with Crippen LogP contribution in [0.15, 0.2) is 54.6 Å². The second kappa shape index (κ2) is 8.73. The zero-order valence-corrected chi connectivity index (χ0v) is 16.7. The Morgan fingerprint density at radius 1 is 1.15 bits per heavy atom. The molecule has 1 fully saturated rings. The van der Waals surface area contributed by atoms with E-state index in [1.54, 1.807) is 31.2 Å². The number of sulfonamides is 1. The molecule has 1 saturated heterocycles. The average molecular weight is 410 g/mol. The molecule has 2 unspecified atom stereocenters. The number of halogens is 1. The highest BCUT2D eigenvalue weighted by molar-refractivity contribution is 7.93. The first kappa shape index (κ1) is 21.2. The number of benzene rings is 2. The lowest BCUT2D eigenvalue weighted by Gasteiger charge is -2.21. The van der Waals surface area contributed by atoms with Gasteiger partial charge in [-0.1, -0.05) is 43.3 Å². The van der Waals surface area contributed by atoms with E-state index in [0.29, 0.717) is 24.3 Å². The molecule has 2 atom stereocenters. The van der Waals surface area contributed by atoms with Gasteiger partial charge in [0.25, 0.3) is 0 Å². The summed E-state index contributed by atoms with van der Waals surface area (Å²) in [5, 5.41) is 2.84. The average Bonchev–Trinajstić information content (AvgIpc) is 3.00. The van der Waals surface area contributed by atoms with Crippen LogP contribution < -0.4 is 15.4 Å². The largest absolute Gasteiger partial charge is 0.326 e. The number of carbonyl (C=O) groups excluding carboxylic acids is 1. The normalized spacial score (nSPS) is 17.6. The van der Waals surface area contributed by atoms with Gasteiger partial charge in [-0.2, -0.15) is 0 Å². The van der Waals surface area contributed by atoms with Crippen molar-refractivity contribution in [3.8, 4) is 0 Å². The van der Waals surface area contributed by atoms with Gasteiger partial charge >= 0.3 is 0 Å². The Labute approximate surface area is 166 Å². The SMILES string of the molecule is CC(C(=O)Nc1cccc(N2CCCS2(=O)=O)c1)C(N)c1ccccc1.Cl. The Morgan fingerprint density at radius 2 is 1.85 bits per heavy atom. The third-order valence-electron chi connectivity index (χ3n) is 4.64. The predicted molar refractivity (Wildman–Crippen MR) is 111 cm³/mol. The highest BCUT2D eigenvalue weighted by Gasteiger charge is 2.28. The number of carbonyl (C=O) groups is 1. The van der Waals surface area contributed by atoms with E-state index in [1.165, 1.54) is 4.31 Å². The molecule has 2 aromatic rings. The Kier molecular flexibility index (Phi) is 6.86. The lowest BCUT2D eigenvalue weighted by Crippen LogP contribution is -2.30. The number of hydrogen-bond acceptors (Lipinski definition) is 4. The number of hydrogen-bond donors (Lipinski definition) is 2. The standard InChI is InChI=1S/C19H23N3O3S.ClH/c1-14(18(20)15-7-3-2-4-8-15)19(23)21-16-9-5-10-17(13-16)22-11-6-12-26(22,24)25;/h2-5,7-10,13-14,18H,6,11-12,20H2,1H3,(H,21,23);1H. The van der Waals surface area contributed by atoms with E-state index in [0.717, 1.165) is 5.56 Å². The highest BCUT2D eigenvalue weighted by Crippen LogP contribution is 2.27. The maximum atomic E-state index is 12.6. The van der Waals surface area contributed by atoms with Gasteiger partial charge in [0.15, 0.2) is 0 Å². The molecule has 0 bridgehead atoms. The summed E-state index contributed by atoms with van der Waals surface area (Å²) in [6.07, 6.45) is 0.613. The third kappa shape index (κ3) is 4.80. The molecule has 1 aliphatic heterocycles. The summed E-state index contributed by atoms with van der Waals surface area (Å²) < 4.78 is 25.5. The van der Waals surface area contributed by atoms with Crippen molar-refractivity contribution in [2.45, 2.75) is 19.4 Å². The molecular formula is C19H24ClN3O3S. The number of amides is 1. The van der Waals surface area contributed by atoms with Crippen molar-refractivity contribution in [3.05, 3.63) is 60.2 Å². The number of rotatable bonds is 5. The fourth-order valence-corrected chi connectivity index (χ4v) is 4.61. The van der Waals surface area contributed by atoms with Crippen LogP contribution in [0, 0.1) is 5.92 Å². The van der Waals surface area contributed by atoms with E-state index in [9.17, 15) is 13.2 Å². The van der Waals surface area contributed by atoms with Crippen LogP contribution in [0.2, 0.25) is 0 Å². The first-order chi connectivity index (χ1) is 12.4. The topological polar surface area (TPSA) is 92.5 Å². The molecule has 1 amide bonds. The van der Waals surface area contributed by atoms with Gasteiger partial charge in [-0.25, -0.2) is 8.42 Å². The van der Waals surface area contributed by atoms with E-state index in [1.807, 2.05) is 30.3 Å². The van der Waals surface area contributed by atoms with E-state index < -0.39 is 22.0 Å². The summed E-state index contributed by atoms with van der Waals surface area (Å²) >= 11 is 0. The monoisotopic (exact) mass is 409 g/mol. The van der Waals surface area contributed by atoms with Crippen molar-refractivity contribution in [3.63, 3.8) is 0 Å². The molecule has 3 N–H and O–H groups in total. The van der Waals surface area contributed by atoms with E-state index in [2.05, 4.69) is 5.32 Å². The lowest BCUT2D eigenvalue weighted by molar-refractivity contribution is -0.120. The second-order valence-corrected chi connectivity index (χ2v) is 8.52. The van der Waals surface area contributed by atoms with Gasteiger partial charge < -0.3 is 11.1 Å². The molecule has 27 heavy (non-hydrogen) atoms. The second-order valence-electron chi connectivity index (χ2n) is 6.51. The summed E-state index contributed by atoms with van der Waals surface area (Å²) in [6, 6.07) is 15.9.